The minimum absolute atomic E-state index is 0.0500. The van der Waals surface area contributed by atoms with Crippen LogP contribution in [0, 0.1) is 0 Å². The Morgan fingerprint density at radius 2 is 1.02 bits per heavy atom. The van der Waals surface area contributed by atoms with Crippen LogP contribution in [0.25, 0.3) is 76.5 Å². The molecule has 9 aromatic carbocycles. The molecule has 0 fully saturated rings. The van der Waals surface area contributed by atoms with E-state index in [-0.39, 0.29) is 16.2 Å². The van der Waals surface area contributed by atoms with Gasteiger partial charge in [-0.2, -0.15) is 0 Å². The van der Waals surface area contributed by atoms with Crippen molar-refractivity contribution < 1.29 is 8.83 Å². The number of benzene rings is 9. The lowest BCUT2D eigenvalue weighted by molar-refractivity contribution is 0.572. The molecule has 4 heteroatoms. The molecule has 318 valence electrons. The SMILES string of the molecule is CC(C)(C)c1cccc2c1oc1c(Nc3cc4c(c5ccccc35)-c3ccc5cc(N(c6ccccc6)c6cccc7c6oc6c(C(C)(C)C)cccc67)ccc5c3C4(C)C)cccc12. The van der Waals surface area contributed by atoms with Gasteiger partial charge in [0.2, 0.25) is 0 Å². The monoisotopic (exact) mass is 844 g/mol. The van der Waals surface area contributed by atoms with Crippen LogP contribution in [0.5, 0.6) is 0 Å². The summed E-state index contributed by atoms with van der Waals surface area (Å²) in [6.45, 7) is 18.3. The summed E-state index contributed by atoms with van der Waals surface area (Å²) >= 11 is 0. The van der Waals surface area contributed by atoms with Crippen LogP contribution in [0.3, 0.4) is 0 Å². The van der Waals surface area contributed by atoms with E-state index in [2.05, 4.69) is 229 Å². The highest BCUT2D eigenvalue weighted by Gasteiger charge is 2.39. The highest BCUT2D eigenvalue weighted by atomic mass is 16.3. The first-order valence-corrected chi connectivity index (χ1v) is 22.9. The molecule has 2 heterocycles. The van der Waals surface area contributed by atoms with E-state index >= 15 is 0 Å². The Labute approximate surface area is 380 Å². The molecule has 12 rings (SSSR count). The highest BCUT2D eigenvalue weighted by molar-refractivity contribution is 6.15. The van der Waals surface area contributed by atoms with Gasteiger partial charge in [0.05, 0.1) is 11.4 Å². The summed E-state index contributed by atoms with van der Waals surface area (Å²) < 4.78 is 13.8. The Balaban J connectivity index is 0.998. The van der Waals surface area contributed by atoms with Crippen molar-refractivity contribution in [3.8, 4) is 11.1 Å². The van der Waals surface area contributed by atoms with Crippen LogP contribution in [-0.2, 0) is 16.2 Å². The Morgan fingerprint density at radius 3 is 1.69 bits per heavy atom. The summed E-state index contributed by atoms with van der Waals surface area (Å²) in [5, 5.41) is 13.3. The number of rotatable bonds is 5. The maximum absolute atomic E-state index is 6.96. The Bertz CT molecular complexity index is 3740. The van der Waals surface area contributed by atoms with Crippen LogP contribution < -0.4 is 10.2 Å². The summed E-state index contributed by atoms with van der Waals surface area (Å²) in [4.78, 5) is 2.35. The van der Waals surface area contributed by atoms with E-state index in [9.17, 15) is 0 Å². The number of hydrogen-bond donors (Lipinski definition) is 1. The number of hydrogen-bond acceptors (Lipinski definition) is 4. The topological polar surface area (TPSA) is 41.6 Å². The van der Waals surface area contributed by atoms with Crippen molar-refractivity contribution >= 4 is 93.9 Å². The van der Waals surface area contributed by atoms with Crippen molar-refractivity contribution in [3.63, 3.8) is 0 Å². The molecule has 1 N–H and O–H groups in total. The average molecular weight is 845 g/mol. The van der Waals surface area contributed by atoms with E-state index in [0.29, 0.717) is 0 Å². The molecule has 0 bridgehead atoms. The average Bonchev–Trinajstić information content (AvgIpc) is 3.95. The number of anilines is 5. The molecule has 65 heavy (non-hydrogen) atoms. The minimum atomic E-state index is -0.289. The van der Waals surface area contributed by atoms with Gasteiger partial charge < -0.3 is 19.1 Å². The Hall–Kier alpha value is -7.30. The molecular weight excluding hydrogens is 793 g/mol. The Morgan fingerprint density at radius 1 is 0.446 bits per heavy atom. The fourth-order valence-electron chi connectivity index (χ4n) is 11.0. The van der Waals surface area contributed by atoms with Gasteiger partial charge in [-0.05, 0) is 91.7 Å². The van der Waals surface area contributed by atoms with E-state index in [1.807, 2.05) is 0 Å². The molecule has 0 saturated heterocycles. The van der Waals surface area contributed by atoms with Gasteiger partial charge in [-0.15, -0.1) is 0 Å². The second-order valence-electron chi connectivity index (χ2n) is 20.6. The van der Waals surface area contributed by atoms with Crippen molar-refractivity contribution in [1.82, 2.24) is 0 Å². The van der Waals surface area contributed by atoms with Gasteiger partial charge in [0, 0.05) is 60.5 Å². The lowest BCUT2D eigenvalue weighted by Crippen LogP contribution is -2.16. The number of fused-ring (bicyclic) bond motifs is 13. The van der Waals surface area contributed by atoms with Crippen LogP contribution in [-0.4, -0.2) is 0 Å². The number of furan rings is 2. The van der Waals surface area contributed by atoms with Crippen LogP contribution in [0.1, 0.15) is 77.6 Å². The first-order chi connectivity index (χ1) is 31.3. The quantitative estimate of drug-likeness (QED) is 0.187. The molecule has 0 radical (unpaired) electrons. The van der Waals surface area contributed by atoms with Crippen molar-refractivity contribution in [2.75, 3.05) is 10.2 Å². The maximum atomic E-state index is 6.96. The first kappa shape index (κ1) is 39.3. The maximum Gasteiger partial charge on any atom is 0.159 e. The second kappa shape index (κ2) is 13.8. The third-order valence-corrected chi connectivity index (χ3v) is 14.0. The summed E-state index contributed by atoms with van der Waals surface area (Å²) in [6.07, 6.45) is 0. The van der Waals surface area contributed by atoms with Crippen LogP contribution in [0.15, 0.2) is 173 Å². The zero-order chi connectivity index (χ0) is 44.6. The molecule has 1 aliphatic carbocycles. The third kappa shape index (κ3) is 5.89. The second-order valence-corrected chi connectivity index (χ2v) is 20.6. The van der Waals surface area contributed by atoms with Crippen molar-refractivity contribution in [2.24, 2.45) is 0 Å². The summed E-state index contributed by atoms with van der Waals surface area (Å²) in [5.41, 5.74) is 16.2. The normalized spacial score (nSPS) is 13.7. The van der Waals surface area contributed by atoms with Gasteiger partial charge in [-0.3, -0.25) is 0 Å². The number of para-hydroxylation sites is 5. The smallest absolute Gasteiger partial charge is 0.159 e. The van der Waals surface area contributed by atoms with Gasteiger partial charge in [0.15, 0.2) is 11.2 Å². The predicted octanol–water partition coefficient (Wildman–Crippen LogP) is 17.9. The standard InChI is InChI=1S/C61H52N2O2/c1-59(2,3)47-26-14-22-42-44-24-16-28-50(57(44)64-55(42)47)62-51-35-49-53(41-21-13-12-20-40(41)51)46-32-30-36-34-38(31-33-39(36)54(46)61(49,7)8)63(37-18-10-9-11-19-37)52-29-17-25-45-43-23-15-27-48(60(4,5)6)56(43)65-58(45)52/h9-35,62H,1-8H3. The van der Waals surface area contributed by atoms with E-state index in [1.165, 1.54) is 54.9 Å². The number of nitrogens with one attached hydrogen (secondary N) is 1. The lowest BCUT2D eigenvalue weighted by atomic mass is 9.79. The molecule has 0 atom stereocenters. The van der Waals surface area contributed by atoms with E-state index in [4.69, 9.17) is 8.83 Å². The molecule has 4 nitrogen and oxygen atoms in total. The van der Waals surface area contributed by atoms with Gasteiger partial charge >= 0.3 is 0 Å². The fraction of sp³-hybridized carbons (Fsp3) is 0.180. The van der Waals surface area contributed by atoms with Crippen molar-refractivity contribution in [3.05, 3.63) is 186 Å². The molecule has 0 amide bonds. The lowest BCUT2D eigenvalue weighted by Gasteiger charge is -2.27. The highest BCUT2D eigenvalue weighted by Crippen LogP contribution is 2.56. The van der Waals surface area contributed by atoms with Gasteiger partial charge in [0.25, 0.3) is 0 Å². The predicted molar refractivity (Wildman–Crippen MR) is 275 cm³/mol. The molecule has 0 unspecified atom stereocenters. The van der Waals surface area contributed by atoms with Crippen LogP contribution in [0.4, 0.5) is 28.4 Å². The van der Waals surface area contributed by atoms with Crippen LogP contribution in [0.2, 0.25) is 0 Å². The van der Waals surface area contributed by atoms with Crippen molar-refractivity contribution in [2.45, 2.75) is 71.6 Å². The Kier molecular flexibility index (Phi) is 8.37. The van der Waals surface area contributed by atoms with Crippen molar-refractivity contribution in [1.29, 1.82) is 0 Å². The zero-order valence-electron chi connectivity index (χ0n) is 38.4. The number of nitrogens with zero attached hydrogens (tertiary/aromatic N) is 1. The molecule has 0 aliphatic heterocycles. The first-order valence-electron chi connectivity index (χ1n) is 22.9. The molecule has 2 aromatic heterocycles. The molecule has 0 saturated carbocycles. The van der Waals surface area contributed by atoms with E-state index in [1.54, 1.807) is 0 Å². The molecule has 11 aromatic rings. The summed E-state index contributed by atoms with van der Waals surface area (Å²) in [5.74, 6) is 0. The van der Waals surface area contributed by atoms with Gasteiger partial charge in [-0.1, -0.05) is 177 Å². The molecule has 0 spiro atoms. The molecule has 1 aliphatic rings. The zero-order valence-corrected chi connectivity index (χ0v) is 38.4. The largest absolute Gasteiger partial charge is 0.454 e. The van der Waals surface area contributed by atoms with Gasteiger partial charge in [-0.25, -0.2) is 0 Å². The summed E-state index contributed by atoms with van der Waals surface area (Å²) in [6, 6.07) is 59.7. The van der Waals surface area contributed by atoms with E-state index < -0.39 is 0 Å². The van der Waals surface area contributed by atoms with E-state index in [0.717, 1.165) is 72.3 Å². The third-order valence-electron chi connectivity index (χ3n) is 14.0. The van der Waals surface area contributed by atoms with Gasteiger partial charge in [0.1, 0.15) is 11.2 Å². The summed E-state index contributed by atoms with van der Waals surface area (Å²) in [7, 11) is 0. The molecular formula is C61H52N2O2. The fourth-order valence-corrected chi connectivity index (χ4v) is 11.0. The van der Waals surface area contributed by atoms with Crippen LogP contribution >= 0.6 is 0 Å². The minimum Gasteiger partial charge on any atom is -0.454 e.